The number of carboxylic acid groups (broad SMARTS) is 1. The highest BCUT2D eigenvalue weighted by Crippen LogP contribution is 2.27. The van der Waals surface area contributed by atoms with Crippen LogP contribution in [0.3, 0.4) is 0 Å². The quantitative estimate of drug-likeness (QED) is 0.436. The van der Waals surface area contributed by atoms with Gasteiger partial charge in [-0.3, -0.25) is 0 Å². The van der Waals surface area contributed by atoms with Gasteiger partial charge in [-0.25, -0.2) is 9.59 Å². The van der Waals surface area contributed by atoms with Crippen LogP contribution in [0, 0.1) is 5.92 Å². The first-order valence-electron chi connectivity index (χ1n) is 12.1. The average molecular weight is 470 g/mol. The van der Waals surface area contributed by atoms with Crippen LogP contribution in [0.4, 0.5) is 4.79 Å². The molecule has 0 saturated heterocycles. The Balaban J connectivity index is 1.45. The van der Waals surface area contributed by atoms with Crippen molar-refractivity contribution >= 4 is 12.1 Å². The Kier molecular flexibility index (Phi) is 10.2. The lowest BCUT2D eigenvalue weighted by Gasteiger charge is -2.31. The number of carboxylic acids is 1. The Morgan fingerprint density at radius 2 is 1.76 bits per heavy atom. The predicted octanol–water partition coefficient (Wildman–Crippen LogP) is 4.58. The number of amides is 1. The Labute approximate surface area is 201 Å². The van der Waals surface area contributed by atoms with Gasteiger partial charge in [0, 0.05) is 26.0 Å². The third kappa shape index (κ3) is 8.37. The van der Waals surface area contributed by atoms with Crippen LogP contribution in [0.25, 0.3) is 0 Å². The van der Waals surface area contributed by atoms with E-state index in [1.54, 1.807) is 11.8 Å². The first kappa shape index (κ1) is 25.6. The molecule has 0 radical (unpaired) electrons. The molecule has 0 bridgehead atoms. The van der Waals surface area contributed by atoms with E-state index in [0.717, 1.165) is 24.0 Å². The Bertz CT molecular complexity index is 882. The van der Waals surface area contributed by atoms with Gasteiger partial charge in [0.15, 0.2) is 6.10 Å². The van der Waals surface area contributed by atoms with Crippen LogP contribution in [0.15, 0.2) is 54.6 Å². The molecule has 2 aromatic rings. The zero-order chi connectivity index (χ0) is 24.2. The number of aliphatic carboxylic acids is 1. The van der Waals surface area contributed by atoms with Gasteiger partial charge in [-0.05, 0) is 48.9 Å². The molecule has 1 saturated carbocycles. The minimum absolute atomic E-state index is 0.294. The van der Waals surface area contributed by atoms with Crippen LogP contribution in [0.2, 0.25) is 0 Å². The van der Waals surface area contributed by atoms with Gasteiger partial charge in [0.1, 0.15) is 12.4 Å². The Morgan fingerprint density at radius 3 is 2.38 bits per heavy atom. The summed E-state index contributed by atoms with van der Waals surface area (Å²) in [6.45, 7) is 3.99. The lowest BCUT2D eigenvalue weighted by atomic mass is 9.85. The molecule has 1 fully saturated rings. The third-order valence-electron chi connectivity index (χ3n) is 6.04. The molecule has 0 aliphatic heterocycles. The monoisotopic (exact) mass is 469 g/mol. The number of carbonyl (C=O) groups is 2. The fraction of sp³-hybridized carbons (Fsp3) is 0.481. The van der Waals surface area contributed by atoms with Crippen molar-refractivity contribution in [2.45, 2.75) is 45.1 Å². The van der Waals surface area contributed by atoms with Gasteiger partial charge in [0.2, 0.25) is 0 Å². The molecule has 1 aliphatic carbocycles. The molecule has 7 heteroatoms. The fourth-order valence-corrected chi connectivity index (χ4v) is 3.86. The van der Waals surface area contributed by atoms with Crippen molar-refractivity contribution in [1.29, 1.82) is 0 Å². The first-order chi connectivity index (χ1) is 16.5. The highest BCUT2D eigenvalue weighted by molar-refractivity contribution is 5.72. The number of carbonyl (C=O) groups excluding carboxylic acids is 1. The normalized spacial score (nSPS) is 14.1. The summed E-state index contributed by atoms with van der Waals surface area (Å²) in [5.74, 6) is 0.242. The van der Waals surface area contributed by atoms with Crippen molar-refractivity contribution < 1.29 is 28.9 Å². The molecule has 1 N–H and O–H groups in total. The molecule has 3 rings (SSSR count). The van der Waals surface area contributed by atoms with Gasteiger partial charge in [0.25, 0.3) is 0 Å². The summed E-state index contributed by atoms with van der Waals surface area (Å²) in [5, 5.41) is 9.24. The van der Waals surface area contributed by atoms with Gasteiger partial charge in [-0.2, -0.15) is 0 Å². The molecule has 34 heavy (non-hydrogen) atoms. The average Bonchev–Trinajstić information content (AvgIpc) is 2.81. The molecule has 7 nitrogen and oxygen atoms in total. The summed E-state index contributed by atoms with van der Waals surface area (Å²) >= 11 is 0. The molecule has 1 unspecified atom stereocenters. The first-order valence-corrected chi connectivity index (χ1v) is 12.1. The van der Waals surface area contributed by atoms with Crippen LogP contribution >= 0.6 is 0 Å². The summed E-state index contributed by atoms with van der Waals surface area (Å²) in [6, 6.07) is 17.3. The van der Waals surface area contributed by atoms with Crippen molar-refractivity contribution in [2.75, 3.05) is 32.9 Å². The summed E-state index contributed by atoms with van der Waals surface area (Å²) in [5.41, 5.74) is 2.00. The molecule has 1 atom stereocenters. The van der Waals surface area contributed by atoms with Gasteiger partial charge in [0.05, 0.1) is 13.2 Å². The van der Waals surface area contributed by atoms with Crippen molar-refractivity contribution in [3.63, 3.8) is 0 Å². The Morgan fingerprint density at radius 1 is 1.03 bits per heavy atom. The number of ether oxygens (including phenoxy) is 3. The number of hydrogen-bond donors (Lipinski definition) is 1. The van der Waals surface area contributed by atoms with E-state index in [9.17, 15) is 14.7 Å². The van der Waals surface area contributed by atoms with E-state index in [0.29, 0.717) is 57.4 Å². The highest BCUT2D eigenvalue weighted by atomic mass is 16.6. The SMILES string of the molecule is CCOC(Cc1ccc(OCCN(CC2CCC2)C(=O)OCCc2ccccc2)cc1)C(=O)O. The van der Waals surface area contributed by atoms with E-state index >= 15 is 0 Å². The highest BCUT2D eigenvalue weighted by Gasteiger charge is 2.24. The standard InChI is InChI=1S/C27H35NO6/c1-2-32-25(26(29)30)19-22-11-13-24(14-12-22)33-18-16-28(20-23-9-6-10-23)27(31)34-17-15-21-7-4-3-5-8-21/h3-5,7-8,11-14,23,25H,2,6,9-10,15-20H2,1H3,(H,29,30). The fourth-order valence-electron chi connectivity index (χ4n) is 3.86. The number of nitrogens with zero attached hydrogens (tertiary/aromatic N) is 1. The number of rotatable bonds is 14. The summed E-state index contributed by atoms with van der Waals surface area (Å²) < 4.78 is 16.7. The van der Waals surface area contributed by atoms with Crippen LogP contribution in [0.1, 0.15) is 37.3 Å². The third-order valence-corrected chi connectivity index (χ3v) is 6.04. The van der Waals surface area contributed by atoms with Gasteiger partial charge in [-0.1, -0.05) is 48.9 Å². The van der Waals surface area contributed by atoms with E-state index in [4.69, 9.17) is 14.2 Å². The van der Waals surface area contributed by atoms with E-state index < -0.39 is 12.1 Å². The summed E-state index contributed by atoms with van der Waals surface area (Å²) in [4.78, 5) is 25.7. The maximum atomic E-state index is 12.7. The van der Waals surface area contributed by atoms with Gasteiger partial charge >= 0.3 is 12.1 Å². The Hall–Kier alpha value is -3.06. The smallest absolute Gasteiger partial charge is 0.409 e. The molecular formula is C27H35NO6. The van der Waals surface area contributed by atoms with Crippen molar-refractivity contribution in [3.8, 4) is 5.75 Å². The van der Waals surface area contributed by atoms with Crippen LogP contribution in [0.5, 0.6) is 5.75 Å². The van der Waals surface area contributed by atoms with Crippen molar-refractivity contribution in [3.05, 3.63) is 65.7 Å². The minimum atomic E-state index is -0.968. The molecule has 1 aliphatic rings. The van der Waals surface area contributed by atoms with Gasteiger partial charge in [-0.15, -0.1) is 0 Å². The number of hydrogen-bond acceptors (Lipinski definition) is 5. The predicted molar refractivity (Wildman–Crippen MR) is 129 cm³/mol. The minimum Gasteiger partial charge on any atom is -0.492 e. The van der Waals surface area contributed by atoms with E-state index in [1.807, 2.05) is 54.6 Å². The summed E-state index contributed by atoms with van der Waals surface area (Å²) in [6.07, 6.45) is 3.36. The number of benzene rings is 2. The second-order valence-corrected chi connectivity index (χ2v) is 8.57. The molecule has 1 amide bonds. The topological polar surface area (TPSA) is 85.3 Å². The molecule has 0 heterocycles. The molecule has 184 valence electrons. The van der Waals surface area contributed by atoms with E-state index in [1.165, 1.54) is 6.42 Å². The lowest BCUT2D eigenvalue weighted by molar-refractivity contribution is -0.149. The van der Waals surface area contributed by atoms with Gasteiger partial charge < -0.3 is 24.2 Å². The zero-order valence-corrected chi connectivity index (χ0v) is 19.9. The molecule has 0 aromatic heterocycles. The maximum Gasteiger partial charge on any atom is 0.409 e. The zero-order valence-electron chi connectivity index (χ0n) is 19.9. The lowest BCUT2D eigenvalue weighted by Crippen LogP contribution is -2.40. The maximum absolute atomic E-state index is 12.7. The van der Waals surface area contributed by atoms with Crippen LogP contribution in [-0.2, 0) is 27.1 Å². The van der Waals surface area contributed by atoms with Crippen molar-refractivity contribution in [1.82, 2.24) is 4.90 Å². The van der Waals surface area contributed by atoms with Crippen molar-refractivity contribution in [2.24, 2.45) is 5.92 Å². The molecular weight excluding hydrogens is 434 g/mol. The second kappa shape index (κ2) is 13.6. The molecule has 2 aromatic carbocycles. The van der Waals surface area contributed by atoms with E-state index in [2.05, 4.69) is 0 Å². The molecule has 0 spiro atoms. The van der Waals surface area contributed by atoms with E-state index in [-0.39, 0.29) is 6.09 Å². The van der Waals surface area contributed by atoms with Crippen LogP contribution in [-0.4, -0.2) is 61.1 Å². The largest absolute Gasteiger partial charge is 0.492 e. The van der Waals surface area contributed by atoms with Crippen LogP contribution < -0.4 is 4.74 Å². The summed E-state index contributed by atoms with van der Waals surface area (Å²) in [7, 11) is 0. The second-order valence-electron chi connectivity index (χ2n) is 8.57.